The van der Waals surface area contributed by atoms with Gasteiger partial charge < -0.3 is 29.0 Å². The third kappa shape index (κ3) is 6.89. The summed E-state index contributed by atoms with van der Waals surface area (Å²) in [5.74, 6) is -0.0605. The van der Waals surface area contributed by atoms with Crippen LogP contribution in [0.5, 0.6) is 17.2 Å². The molecule has 0 saturated carbocycles. The van der Waals surface area contributed by atoms with Crippen LogP contribution in [0, 0.1) is 6.92 Å². The van der Waals surface area contributed by atoms with Gasteiger partial charge >= 0.3 is 0 Å². The molecule has 3 aromatic rings. The maximum Gasteiger partial charge on any atom is 0.295 e. The number of ketones is 1. The highest BCUT2D eigenvalue weighted by atomic mass is 16.5. The van der Waals surface area contributed by atoms with Crippen LogP contribution < -0.4 is 14.2 Å². The molecular weight excluding hydrogens is 522 g/mol. The first-order valence-corrected chi connectivity index (χ1v) is 13.7. The molecule has 1 aliphatic rings. The third-order valence-corrected chi connectivity index (χ3v) is 6.95. The highest BCUT2D eigenvalue weighted by Gasteiger charge is 2.46. The van der Waals surface area contributed by atoms with E-state index in [2.05, 4.69) is 13.0 Å². The average Bonchev–Trinajstić information content (AvgIpc) is 3.24. The SMILES string of the molecule is CCCCOc1ccc(C2/C(=C(\O)c3ccc(OCc4cccc(C)c4)cc3)C(=O)C(=O)N2CCOC)cc1OC. The van der Waals surface area contributed by atoms with Gasteiger partial charge in [0.15, 0.2) is 11.5 Å². The molecule has 1 unspecified atom stereocenters. The van der Waals surface area contributed by atoms with Crippen molar-refractivity contribution in [3.8, 4) is 17.2 Å². The largest absolute Gasteiger partial charge is 0.507 e. The van der Waals surface area contributed by atoms with E-state index >= 15 is 0 Å². The first kappa shape index (κ1) is 29.7. The van der Waals surface area contributed by atoms with Crippen molar-refractivity contribution < 1.29 is 33.6 Å². The van der Waals surface area contributed by atoms with Gasteiger partial charge in [0.2, 0.25) is 0 Å². The Bertz CT molecular complexity index is 1400. The van der Waals surface area contributed by atoms with Crippen LogP contribution in [0.2, 0.25) is 0 Å². The van der Waals surface area contributed by atoms with Gasteiger partial charge in [-0.25, -0.2) is 0 Å². The molecule has 1 aliphatic heterocycles. The van der Waals surface area contributed by atoms with Gasteiger partial charge in [-0.1, -0.05) is 49.2 Å². The molecule has 1 N–H and O–H groups in total. The maximum absolute atomic E-state index is 13.3. The Balaban J connectivity index is 1.66. The minimum absolute atomic E-state index is 0.00115. The van der Waals surface area contributed by atoms with E-state index in [-0.39, 0.29) is 24.5 Å². The number of benzene rings is 3. The molecule has 1 saturated heterocycles. The minimum Gasteiger partial charge on any atom is -0.507 e. The molecule has 4 rings (SSSR count). The fourth-order valence-corrected chi connectivity index (χ4v) is 4.78. The van der Waals surface area contributed by atoms with Crippen LogP contribution in [-0.2, 0) is 20.9 Å². The van der Waals surface area contributed by atoms with Gasteiger partial charge in [0.25, 0.3) is 11.7 Å². The molecule has 1 fully saturated rings. The van der Waals surface area contributed by atoms with Gasteiger partial charge in [0, 0.05) is 19.2 Å². The summed E-state index contributed by atoms with van der Waals surface area (Å²) in [5.41, 5.74) is 3.21. The lowest BCUT2D eigenvalue weighted by atomic mass is 9.95. The van der Waals surface area contributed by atoms with Crippen LogP contribution in [0.15, 0.2) is 72.3 Å². The molecule has 0 spiro atoms. The van der Waals surface area contributed by atoms with Crippen LogP contribution >= 0.6 is 0 Å². The third-order valence-electron chi connectivity index (χ3n) is 6.95. The molecule has 0 radical (unpaired) electrons. The van der Waals surface area contributed by atoms with Crippen molar-refractivity contribution >= 4 is 17.4 Å². The number of Topliss-reactive ketones (excluding diaryl/α,β-unsaturated/α-hetero) is 1. The lowest BCUT2D eigenvalue weighted by Gasteiger charge is -2.25. The molecule has 216 valence electrons. The average molecular weight is 560 g/mol. The smallest absolute Gasteiger partial charge is 0.295 e. The molecule has 1 amide bonds. The van der Waals surface area contributed by atoms with Crippen molar-refractivity contribution in [2.24, 2.45) is 0 Å². The zero-order chi connectivity index (χ0) is 29.4. The molecule has 41 heavy (non-hydrogen) atoms. The lowest BCUT2D eigenvalue weighted by molar-refractivity contribution is -0.140. The Morgan fingerprint density at radius 3 is 2.39 bits per heavy atom. The van der Waals surface area contributed by atoms with Crippen LogP contribution in [0.25, 0.3) is 5.76 Å². The first-order chi connectivity index (χ1) is 19.9. The van der Waals surface area contributed by atoms with E-state index in [1.54, 1.807) is 42.5 Å². The number of hydrogen-bond acceptors (Lipinski definition) is 7. The molecule has 8 nitrogen and oxygen atoms in total. The molecule has 0 aromatic heterocycles. The number of rotatable bonds is 13. The van der Waals surface area contributed by atoms with Gasteiger partial charge in [0.1, 0.15) is 18.1 Å². The number of nitrogens with zero attached hydrogens (tertiary/aromatic N) is 1. The number of aryl methyl sites for hydroxylation is 1. The van der Waals surface area contributed by atoms with Gasteiger partial charge in [-0.15, -0.1) is 0 Å². The number of amides is 1. The van der Waals surface area contributed by atoms with E-state index in [1.807, 2.05) is 25.1 Å². The summed E-state index contributed by atoms with van der Waals surface area (Å²) >= 11 is 0. The Labute approximate surface area is 241 Å². The molecule has 3 aromatic carbocycles. The standard InChI is InChI=1S/C33H37NO7/c1-5-6-17-40-27-15-12-25(20-28(27)39-4)30-29(32(36)33(37)34(30)16-18-38-3)31(35)24-10-13-26(14-11-24)41-21-23-9-7-8-22(2)19-23/h7-15,19-20,30,35H,5-6,16-18,21H2,1-4H3/b31-29+. The summed E-state index contributed by atoms with van der Waals surface area (Å²) in [4.78, 5) is 27.9. The van der Waals surface area contributed by atoms with Gasteiger partial charge in [-0.2, -0.15) is 0 Å². The number of likely N-dealkylation sites (tertiary alicyclic amines) is 1. The molecular formula is C33H37NO7. The van der Waals surface area contributed by atoms with Crippen LogP contribution in [0.1, 0.15) is 48.1 Å². The summed E-state index contributed by atoms with van der Waals surface area (Å²) in [7, 11) is 3.07. The normalized spacial score (nSPS) is 16.2. The Kier molecular flexibility index (Phi) is 10.0. The van der Waals surface area contributed by atoms with E-state index in [9.17, 15) is 14.7 Å². The number of ether oxygens (including phenoxy) is 4. The number of hydrogen-bond donors (Lipinski definition) is 1. The second-order valence-corrected chi connectivity index (χ2v) is 9.90. The van der Waals surface area contributed by atoms with Crippen LogP contribution in [-0.4, -0.2) is 55.7 Å². The summed E-state index contributed by atoms with van der Waals surface area (Å²) in [5, 5.41) is 11.4. The first-order valence-electron chi connectivity index (χ1n) is 13.7. The van der Waals surface area contributed by atoms with E-state index in [1.165, 1.54) is 19.1 Å². The van der Waals surface area contributed by atoms with Gasteiger partial charge in [-0.3, -0.25) is 9.59 Å². The highest BCUT2D eigenvalue weighted by Crippen LogP contribution is 2.42. The van der Waals surface area contributed by atoms with Crippen molar-refractivity contribution in [1.29, 1.82) is 0 Å². The maximum atomic E-state index is 13.3. The Morgan fingerprint density at radius 2 is 1.71 bits per heavy atom. The second-order valence-electron chi connectivity index (χ2n) is 9.90. The fourth-order valence-electron chi connectivity index (χ4n) is 4.78. The number of methoxy groups -OCH3 is 2. The number of aliphatic hydroxyl groups excluding tert-OH is 1. The molecule has 1 heterocycles. The van der Waals surface area contributed by atoms with Crippen LogP contribution in [0.3, 0.4) is 0 Å². The number of unbranched alkanes of at least 4 members (excludes halogenated alkanes) is 1. The van der Waals surface area contributed by atoms with Crippen molar-refractivity contribution in [3.05, 3.63) is 94.6 Å². The van der Waals surface area contributed by atoms with Crippen molar-refractivity contribution in [2.45, 2.75) is 39.3 Å². The fraction of sp³-hybridized carbons (Fsp3) is 0.333. The van der Waals surface area contributed by atoms with Crippen molar-refractivity contribution in [3.63, 3.8) is 0 Å². The highest BCUT2D eigenvalue weighted by molar-refractivity contribution is 6.46. The van der Waals surface area contributed by atoms with Crippen LogP contribution in [0.4, 0.5) is 0 Å². The van der Waals surface area contributed by atoms with E-state index < -0.39 is 17.7 Å². The van der Waals surface area contributed by atoms with E-state index in [0.29, 0.717) is 41.6 Å². The summed E-state index contributed by atoms with van der Waals surface area (Å²) in [6, 6.07) is 19.3. The second kappa shape index (κ2) is 13.9. The quantitative estimate of drug-likeness (QED) is 0.122. The summed E-state index contributed by atoms with van der Waals surface area (Å²) in [6.45, 7) is 5.45. The number of carbonyl (C=O) groups is 2. The van der Waals surface area contributed by atoms with E-state index in [4.69, 9.17) is 18.9 Å². The van der Waals surface area contributed by atoms with Crippen molar-refractivity contribution in [1.82, 2.24) is 4.90 Å². The Morgan fingerprint density at radius 1 is 0.927 bits per heavy atom. The summed E-state index contributed by atoms with van der Waals surface area (Å²) < 4.78 is 22.5. The predicted octanol–water partition coefficient (Wildman–Crippen LogP) is 5.83. The Hall–Kier alpha value is -4.30. The topological polar surface area (TPSA) is 94.5 Å². The number of aliphatic hydroxyl groups is 1. The monoisotopic (exact) mass is 559 g/mol. The zero-order valence-electron chi connectivity index (χ0n) is 24.0. The molecule has 8 heteroatoms. The minimum atomic E-state index is -0.832. The van der Waals surface area contributed by atoms with Gasteiger partial charge in [0.05, 0.1) is 31.9 Å². The number of carbonyl (C=O) groups excluding carboxylic acids is 2. The molecule has 0 aliphatic carbocycles. The van der Waals surface area contributed by atoms with E-state index in [0.717, 1.165) is 24.0 Å². The van der Waals surface area contributed by atoms with Crippen molar-refractivity contribution in [2.75, 3.05) is 34.0 Å². The lowest BCUT2D eigenvalue weighted by Crippen LogP contribution is -2.32. The molecule has 1 atom stereocenters. The predicted molar refractivity (Wildman–Crippen MR) is 156 cm³/mol. The zero-order valence-corrected chi connectivity index (χ0v) is 24.0. The summed E-state index contributed by atoms with van der Waals surface area (Å²) in [6.07, 6.45) is 1.90. The molecule has 0 bridgehead atoms. The van der Waals surface area contributed by atoms with Gasteiger partial charge in [-0.05, 0) is 60.9 Å².